The van der Waals surface area contributed by atoms with Crippen LogP contribution < -0.4 is 5.43 Å². The second-order valence-corrected chi connectivity index (χ2v) is 11.3. The van der Waals surface area contributed by atoms with Crippen molar-refractivity contribution in [3.8, 4) is 0 Å². The van der Waals surface area contributed by atoms with Gasteiger partial charge in [0.1, 0.15) is 22.0 Å². The van der Waals surface area contributed by atoms with Crippen molar-refractivity contribution in [2.75, 3.05) is 11.2 Å². The van der Waals surface area contributed by atoms with Crippen molar-refractivity contribution in [3.63, 3.8) is 0 Å². The summed E-state index contributed by atoms with van der Waals surface area (Å²) in [6, 6.07) is 24.6. The van der Waals surface area contributed by atoms with E-state index in [-0.39, 0.29) is 11.3 Å². The van der Waals surface area contributed by atoms with Gasteiger partial charge in [-0.05, 0) is 27.8 Å². The first-order chi connectivity index (χ1) is 18.8. The van der Waals surface area contributed by atoms with Gasteiger partial charge in [0.05, 0.1) is 21.7 Å². The summed E-state index contributed by atoms with van der Waals surface area (Å²) >= 11 is 3.17. The molecule has 3 aromatic heterocycles. The van der Waals surface area contributed by atoms with E-state index in [0.717, 1.165) is 64.1 Å². The Morgan fingerprint density at radius 1 is 0.816 bits per heavy atom. The Labute approximate surface area is 224 Å². The van der Waals surface area contributed by atoms with Crippen LogP contribution in [0.25, 0.3) is 52.9 Å². The molecule has 38 heavy (non-hydrogen) atoms. The van der Waals surface area contributed by atoms with Crippen LogP contribution in [0.4, 0.5) is 5.69 Å². The van der Waals surface area contributed by atoms with Gasteiger partial charge in [-0.2, -0.15) is 0 Å². The van der Waals surface area contributed by atoms with E-state index in [4.69, 9.17) is 5.10 Å². The van der Waals surface area contributed by atoms with E-state index in [0.29, 0.717) is 5.75 Å². The largest absolute Gasteiger partial charge is 0.294 e. The molecule has 1 unspecified atom stereocenters. The van der Waals surface area contributed by atoms with Crippen molar-refractivity contribution < 1.29 is 4.79 Å². The van der Waals surface area contributed by atoms with E-state index >= 15 is 0 Å². The summed E-state index contributed by atoms with van der Waals surface area (Å²) in [4.78, 5) is 22.7. The number of hydrazine groups is 1. The molecule has 0 radical (unpaired) electrons. The molecular weight excluding hydrogens is 512 g/mol. The van der Waals surface area contributed by atoms with Crippen LogP contribution in [0.5, 0.6) is 0 Å². The van der Waals surface area contributed by atoms with E-state index in [1.54, 1.807) is 34.4 Å². The van der Waals surface area contributed by atoms with Gasteiger partial charge in [0.2, 0.25) is 0 Å². The standard InChI is InChI=1S/C29H18N6OS2/c36-22-14-37-29(16-7-2-1-3-8-16)35(22)34-20-12-6-11-18-17-9-4-5-10-19(17)24-25-26-21(13-30-15-31-26)38-28(25)33-32-27(24)23(18)20/h1-13,15,29,34H,14H2. The molecule has 0 spiro atoms. The Balaban J connectivity index is 1.44. The van der Waals surface area contributed by atoms with Crippen LogP contribution in [-0.2, 0) is 4.79 Å². The van der Waals surface area contributed by atoms with Crippen LogP contribution in [0.3, 0.4) is 0 Å². The number of aromatic nitrogens is 4. The van der Waals surface area contributed by atoms with Crippen molar-refractivity contribution in [1.29, 1.82) is 0 Å². The number of rotatable bonds is 3. The second kappa shape index (κ2) is 8.34. The minimum absolute atomic E-state index is 0.0416. The number of thioether (sulfide) groups is 1. The summed E-state index contributed by atoms with van der Waals surface area (Å²) < 4.78 is 0.977. The SMILES string of the molecule is O=C1CSC(c2ccccc2)N1Nc1cccc2c3ccccc3c3c(nnc4sc5cncnc5c43)c12. The highest BCUT2D eigenvalue weighted by Crippen LogP contribution is 2.45. The van der Waals surface area contributed by atoms with Crippen molar-refractivity contribution in [2.24, 2.45) is 0 Å². The lowest BCUT2D eigenvalue weighted by Gasteiger charge is -2.26. The average Bonchev–Trinajstić information content (AvgIpc) is 3.53. The smallest absolute Gasteiger partial charge is 0.252 e. The Kier molecular flexibility index (Phi) is 4.77. The zero-order valence-electron chi connectivity index (χ0n) is 19.8. The number of nitrogens with zero attached hydrogens (tertiary/aromatic N) is 5. The molecule has 1 N–H and O–H groups in total. The van der Waals surface area contributed by atoms with Crippen molar-refractivity contribution in [3.05, 3.63) is 90.9 Å². The third-order valence-electron chi connectivity index (χ3n) is 7.04. The molecule has 1 aliphatic heterocycles. The number of fused-ring (bicyclic) bond motifs is 10. The van der Waals surface area contributed by atoms with Gasteiger partial charge >= 0.3 is 0 Å². The summed E-state index contributed by atoms with van der Waals surface area (Å²) in [7, 11) is 0. The zero-order chi connectivity index (χ0) is 25.2. The number of anilines is 1. The Bertz CT molecular complexity index is 2060. The fourth-order valence-corrected chi connectivity index (χ4v) is 7.50. The summed E-state index contributed by atoms with van der Waals surface area (Å²) in [6.07, 6.45) is 3.41. The van der Waals surface area contributed by atoms with Crippen LogP contribution in [0, 0.1) is 0 Å². The van der Waals surface area contributed by atoms with Gasteiger partial charge in [-0.15, -0.1) is 33.3 Å². The second-order valence-electron chi connectivity index (χ2n) is 9.16. The number of carbonyl (C=O) groups is 1. The van der Waals surface area contributed by atoms with E-state index in [1.165, 1.54) is 0 Å². The van der Waals surface area contributed by atoms with Gasteiger partial charge in [0.25, 0.3) is 5.91 Å². The van der Waals surface area contributed by atoms with E-state index in [1.807, 2.05) is 36.5 Å². The zero-order valence-corrected chi connectivity index (χ0v) is 21.5. The van der Waals surface area contributed by atoms with Crippen LogP contribution in [0.1, 0.15) is 10.9 Å². The number of nitrogens with one attached hydrogen (secondary N) is 1. The van der Waals surface area contributed by atoms with E-state index in [2.05, 4.69) is 63.0 Å². The molecule has 9 heteroatoms. The molecule has 7 aromatic rings. The van der Waals surface area contributed by atoms with E-state index < -0.39 is 0 Å². The maximum absolute atomic E-state index is 13.1. The third kappa shape index (κ3) is 3.12. The lowest BCUT2D eigenvalue weighted by molar-refractivity contribution is -0.126. The monoisotopic (exact) mass is 530 g/mol. The maximum atomic E-state index is 13.1. The minimum Gasteiger partial charge on any atom is -0.294 e. The molecule has 0 bridgehead atoms. The predicted molar refractivity (Wildman–Crippen MR) is 155 cm³/mol. The van der Waals surface area contributed by atoms with Crippen LogP contribution in [0.15, 0.2) is 85.3 Å². The van der Waals surface area contributed by atoms with Gasteiger partial charge in [0, 0.05) is 22.4 Å². The summed E-state index contributed by atoms with van der Waals surface area (Å²) in [6.45, 7) is 0. The molecule has 4 heterocycles. The topological polar surface area (TPSA) is 83.9 Å². The van der Waals surface area contributed by atoms with E-state index in [9.17, 15) is 4.79 Å². The first-order valence-corrected chi connectivity index (χ1v) is 14.0. The first kappa shape index (κ1) is 21.7. The lowest BCUT2D eigenvalue weighted by Crippen LogP contribution is -2.33. The number of hydrogen-bond acceptors (Lipinski definition) is 8. The first-order valence-electron chi connectivity index (χ1n) is 12.2. The van der Waals surface area contributed by atoms with Gasteiger partial charge < -0.3 is 0 Å². The third-order valence-corrected chi connectivity index (χ3v) is 9.26. The predicted octanol–water partition coefficient (Wildman–Crippen LogP) is 6.70. The van der Waals surface area contributed by atoms with Gasteiger partial charge in [-0.25, -0.2) is 15.0 Å². The minimum atomic E-state index is -0.124. The molecule has 182 valence electrons. The Morgan fingerprint density at radius 2 is 1.61 bits per heavy atom. The molecule has 8 rings (SSSR count). The van der Waals surface area contributed by atoms with Gasteiger partial charge in [-0.1, -0.05) is 66.7 Å². The molecule has 4 aromatic carbocycles. The molecular formula is C29H18N6OS2. The number of hydrogen-bond donors (Lipinski definition) is 1. The van der Waals surface area contributed by atoms with Crippen molar-refractivity contribution >= 4 is 87.6 Å². The van der Waals surface area contributed by atoms with Crippen molar-refractivity contribution in [1.82, 2.24) is 25.2 Å². The molecule has 1 fully saturated rings. The molecule has 0 aliphatic carbocycles. The molecule has 1 atom stereocenters. The quantitative estimate of drug-likeness (QED) is 0.255. The van der Waals surface area contributed by atoms with Gasteiger partial charge in [-0.3, -0.25) is 10.2 Å². The number of carbonyl (C=O) groups excluding carboxylic acids is 1. The summed E-state index contributed by atoms with van der Waals surface area (Å²) in [5.41, 5.74) is 7.05. The highest BCUT2D eigenvalue weighted by atomic mass is 32.2. The number of benzene rings is 4. The summed E-state index contributed by atoms with van der Waals surface area (Å²) in [5, 5.41) is 17.2. The van der Waals surface area contributed by atoms with Crippen LogP contribution >= 0.6 is 23.1 Å². The molecule has 1 saturated heterocycles. The number of thiophene rings is 1. The Morgan fingerprint density at radius 3 is 2.50 bits per heavy atom. The van der Waals surface area contributed by atoms with Gasteiger partial charge in [0.15, 0.2) is 0 Å². The molecule has 0 saturated carbocycles. The highest BCUT2D eigenvalue weighted by molar-refractivity contribution is 8.00. The molecule has 1 aliphatic rings. The lowest BCUT2D eigenvalue weighted by atomic mass is 9.95. The fourth-order valence-electron chi connectivity index (χ4n) is 5.43. The maximum Gasteiger partial charge on any atom is 0.252 e. The van der Waals surface area contributed by atoms with Crippen LogP contribution in [-0.4, -0.2) is 36.8 Å². The molecule has 1 amide bonds. The average molecular weight is 531 g/mol. The van der Waals surface area contributed by atoms with Crippen molar-refractivity contribution in [2.45, 2.75) is 5.37 Å². The number of amides is 1. The normalized spacial score (nSPS) is 15.9. The molecule has 7 nitrogen and oxygen atoms in total. The fraction of sp³-hybridized carbons (Fsp3) is 0.0690. The Hall–Kier alpha value is -4.34. The summed E-state index contributed by atoms with van der Waals surface area (Å²) in [5.74, 6) is 0.460. The highest BCUT2D eigenvalue weighted by Gasteiger charge is 2.33. The van der Waals surface area contributed by atoms with Crippen LogP contribution in [0.2, 0.25) is 0 Å².